The summed E-state index contributed by atoms with van der Waals surface area (Å²) in [6.45, 7) is 6.50. The number of aliphatic hydroxyl groups is 1. The lowest BCUT2D eigenvalue weighted by Crippen LogP contribution is -2.52. The van der Waals surface area contributed by atoms with Gasteiger partial charge in [-0.2, -0.15) is 0 Å². The van der Waals surface area contributed by atoms with Gasteiger partial charge in [0.15, 0.2) is 11.6 Å². The molecular weight excluding hydrogens is 362 g/mol. The molecule has 1 unspecified atom stereocenters. The van der Waals surface area contributed by atoms with E-state index in [4.69, 9.17) is 4.74 Å². The molecule has 1 aliphatic heterocycles. The highest BCUT2D eigenvalue weighted by Crippen LogP contribution is 2.24. The molecule has 1 aliphatic rings. The first-order valence-electron chi connectivity index (χ1n) is 9.82. The molecule has 1 N–H and O–H groups in total. The Morgan fingerprint density at radius 1 is 1.07 bits per heavy atom. The molecule has 0 bridgehead atoms. The summed E-state index contributed by atoms with van der Waals surface area (Å²) >= 11 is 0. The average Bonchev–Trinajstić information content (AvgIpc) is 2.69. The lowest BCUT2D eigenvalue weighted by molar-refractivity contribution is 0.0493. The summed E-state index contributed by atoms with van der Waals surface area (Å²) in [4.78, 5) is 4.60. The van der Waals surface area contributed by atoms with Crippen molar-refractivity contribution in [3.05, 3.63) is 65.2 Å². The van der Waals surface area contributed by atoms with Crippen LogP contribution in [-0.2, 0) is 13.1 Å². The van der Waals surface area contributed by atoms with Crippen molar-refractivity contribution in [1.82, 2.24) is 9.80 Å². The second-order valence-corrected chi connectivity index (χ2v) is 7.16. The highest BCUT2D eigenvalue weighted by molar-refractivity contribution is 5.33. The minimum Gasteiger partial charge on any atom is -0.494 e. The predicted molar refractivity (Wildman–Crippen MR) is 105 cm³/mol. The largest absolute Gasteiger partial charge is 0.494 e. The van der Waals surface area contributed by atoms with E-state index < -0.39 is 11.6 Å². The van der Waals surface area contributed by atoms with Gasteiger partial charge in [0.25, 0.3) is 0 Å². The SMILES string of the molecule is CCOc1ccccc1CN1CCN(Cc2ccc(F)c(F)c2)CC1CCO. The topological polar surface area (TPSA) is 35.9 Å². The van der Waals surface area contributed by atoms with Crippen molar-refractivity contribution in [2.24, 2.45) is 0 Å². The molecule has 0 aliphatic carbocycles. The van der Waals surface area contributed by atoms with Crippen molar-refractivity contribution in [3.63, 3.8) is 0 Å². The van der Waals surface area contributed by atoms with Gasteiger partial charge in [0.2, 0.25) is 0 Å². The van der Waals surface area contributed by atoms with Crippen molar-refractivity contribution in [2.45, 2.75) is 32.5 Å². The minimum atomic E-state index is -0.820. The van der Waals surface area contributed by atoms with Crippen molar-refractivity contribution in [3.8, 4) is 5.75 Å². The van der Waals surface area contributed by atoms with Crippen LogP contribution >= 0.6 is 0 Å². The number of hydrogen-bond acceptors (Lipinski definition) is 4. The summed E-state index contributed by atoms with van der Waals surface area (Å²) < 4.78 is 32.4. The van der Waals surface area contributed by atoms with Gasteiger partial charge in [0.05, 0.1) is 6.61 Å². The van der Waals surface area contributed by atoms with Crippen molar-refractivity contribution in [2.75, 3.05) is 32.8 Å². The van der Waals surface area contributed by atoms with Crippen LogP contribution in [0.15, 0.2) is 42.5 Å². The Bertz CT molecular complexity index is 772. The monoisotopic (exact) mass is 390 g/mol. The maximum Gasteiger partial charge on any atom is 0.159 e. The summed E-state index contributed by atoms with van der Waals surface area (Å²) in [6, 6.07) is 12.3. The molecule has 4 nitrogen and oxygen atoms in total. The zero-order chi connectivity index (χ0) is 19.9. The summed E-state index contributed by atoms with van der Waals surface area (Å²) in [6.07, 6.45) is 0.672. The normalized spacial score (nSPS) is 18.4. The van der Waals surface area contributed by atoms with Crippen molar-refractivity contribution in [1.29, 1.82) is 0 Å². The van der Waals surface area contributed by atoms with Crippen LogP contribution in [0.3, 0.4) is 0 Å². The van der Waals surface area contributed by atoms with Gasteiger partial charge in [-0.3, -0.25) is 9.80 Å². The standard InChI is InChI=1S/C22H28F2N2O2/c1-2-28-22-6-4-3-5-18(22)15-26-11-10-25(16-19(26)9-12-27)14-17-7-8-20(23)21(24)13-17/h3-8,13,19,27H,2,9-12,14-16H2,1H3. The first kappa shape index (κ1) is 20.7. The molecule has 6 heteroatoms. The van der Waals surface area contributed by atoms with Crippen molar-refractivity contribution < 1.29 is 18.6 Å². The third kappa shape index (κ3) is 5.28. The zero-order valence-corrected chi connectivity index (χ0v) is 16.3. The highest BCUT2D eigenvalue weighted by atomic mass is 19.2. The lowest BCUT2D eigenvalue weighted by Gasteiger charge is -2.41. The summed E-state index contributed by atoms with van der Waals surface area (Å²) in [7, 11) is 0. The Kier molecular flexibility index (Phi) is 7.36. The maximum absolute atomic E-state index is 13.5. The molecule has 1 atom stereocenters. The Balaban J connectivity index is 1.66. The fourth-order valence-electron chi connectivity index (χ4n) is 3.78. The molecule has 1 heterocycles. The molecule has 2 aromatic carbocycles. The van der Waals surface area contributed by atoms with Crippen LogP contribution in [-0.4, -0.2) is 53.8 Å². The molecule has 1 saturated heterocycles. The van der Waals surface area contributed by atoms with E-state index in [-0.39, 0.29) is 12.6 Å². The number of rotatable bonds is 8. The van der Waals surface area contributed by atoms with E-state index in [1.54, 1.807) is 6.07 Å². The maximum atomic E-state index is 13.5. The van der Waals surface area contributed by atoms with Gasteiger partial charge in [-0.1, -0.05) is 24.3 Å². The Morgan fingerprint density at radius 3 is 2.64 bits per heavy atom. The Hall–Kier alpha value is -2.02. The van der Waals surface area contributed by atoms with Crippen LogP contribution in [0.2, 0.25) is 0 Å². The lowest BCUT2D eigenvalue weighted by atomic mass is 10.1. The first-order valence-corrected chi connectivity index (χ1v) is 9.82. The fraction of sp³-hybridized carbons (Fsp3) is 0.455. The number of nitrogens with zero attached hydrogens (tertiary/aromatic N) is 2. The second-order valence-electron chi connectivity index (χ2n) is 7.16. The second kappa shape index (κ2) is 9.96. The third-order valence-electron chi connectivity index (χ3n) is 5.19. The van der Waals surface area contributed by atoms with Crippen LogP contribution in [0.4, 0.5) is 8.78 Å². The van der Waals surface area contributed by atoms with E-state index in [1.807, 2.05) is 25.1 Å². The number of para-hydroxylation sites is 1. The third-order valence-corrected chi connectivity index (χ3v) is 5.19. The smallest absolute Gasteiger partial charge is 0.159 e. The fourth-order valence-corrected chi connectivity index (χ4v) is 3.78. The number of benzene rings is 2. The van der Waals surface area contributed by atoms with Crippen LogP contribution in [0.1, 0.15) is 24.5 Å². The van der Waals surface area contributed by atoms with Gasteiger partial charge in [-0.25, -0.2) is 8.78 Å². The molecule has 28 heavy (non-hydrogen) atoms. The van der Waals surface area contributed by atoms with Gasteiger partial charge >= 0.3 is 0 Å². The predicted octanol–water partition coefficient (Wildman–Crippen LogP) is 3.43. The molecule has 1 fully saturated rings. The van der Waals surface area contributed by atoms with Gasteiger partial charge in [0.1, 0.15) is 5.75 Å². The average molecular weight is 390 g/mol. The molecule has 2 aromatic rings. The molecule has 0 aromatic heterocycles. The molecule has 152 valence electrons. The summed E-state index contributed by atoms with van der Waals surface area (Å²) in [5, 5.41) is 9.52. The Morgan fingerprint density at radius 2 is 1.89 bits per heavy atom. The van der Waals surface area contributed by atoms with Crippen LogP contribution in [0.5, 0.6) is 5.75 Å². The Labute approximate surface area is 165 Å². The van der Waals surface area contributed by atoms with Gasteiger partial charge in [-0.05, 0) is 37.1 Å². The summed E-state index contributed by atoms with van der Waals surface area (Å²) in [5.74, 6) is -0.729. The zero-order valence-electron chi connectivity index (χ0n) is 16.3. The van der Waals surface area contributed by atoms with Crippen LogP contribution in [0, 0.1) is 11.6 Å². The van der Waals surface area contributed by atoms with Crippen LogP contribution in [0.25, 0.3) is 0 Å². The minimum absolute atomic E-state index is 0.118. The summed E-state index contributed by atoms with van der Waals surface area (Å²) in [5.41, 5.74) is 1.90. The number of piperazine rings is 1. The van der Waals surface area contributed by atoms with Crippen molar-refractivity contribution >= 4 is 0 Å². The molecule has 0 radical (unpaired) electrons. The highest BCUT2D eigenvalue weighted by Gasteiger charge is 2.27. The van der Waals surface area contributed by atoms with E-state index in [0.29, 0.717) is 19.6 Å². The molecule has 0 amide bonds. The van der Waals surface area contributed by atoms with E-state index in [9.17, 15) is 13.9 Å². The van der Waals surface area contributed by atoms with E-state index in [0.717, 1.165) is 43.1 Å². The van der Waals surface area contributed by atoms with E-state index in [1.165, 1.54) is 12.1 Å². The van der Waals surface area contributed by atoms with Crippen LogP contribution < -0.4 is 4.74 Å². The quantitative estimate of drug-likeness (QED) is 0.749. The van der Waals surface area contributed by atoms with Gasteiger partial charge in [0, 0.05) is 50.9 Å². The number of aliphatic hydroxyl groups excluding tert-OH is 1. The van der Waals surface area contributed by atoms with Gasteiger partial charge < -0.3 is 9.84 Å². The molecule has 0 spiro atoms. The van der Waals surface area contributed by atoms with E-state index >= 15 is 0 Å². The number of hydrogen-bond donors (Lipinski definition) is 1. The number of ether oxygens (including phenoxy) is 1. The van der Waals surface area contributed by atoms with E-state index in [2.05, 4.69) is 15.9 Å². The molecule has 0 saturated carbocycles. The first-order chi connectivity index (χ1) is 13.6. The molecular formula is C22H28F2N2O2. The molecule has 3 rings (SSSR count). The number of halogens is 2. The van der Waals surface area contributed by atoms with Gasteiger partial charge in [-0.15, -0.1) is 0 Å².